The van der Waals surface area contributed by atoms with Crippen molar-refractivity contribution >= 4 is 29.4 Å². The Morgan fingerprint density at radius 2 is 1.56 bits per heavy atom. The van der Waals surface area contributed by atoms with Crippen molar-refractivity contribution in [1.82, 2.24) is 36.2 Å². The first-order chi connectivity index (χ1) is 25.7. The van der Waals surface area contributed by atoms with Crippen LogP contribution in [0.3, 0.4) is 0 Å². The molecule has 1 unspecified atom stereocenters. The van der Waals surface area contributed by atoms with Gasteiger partial charge in [0.1, 0.15) is 23.9 Å². The van der Waals surface area contributed by atoms with Crippen LogP contribution in [0.5, 0.6) is 5.75 Å². The van der Waals surface area contributed by atoms with E-state index >= 15 is 0 Å². The van der Waals surface area contributed by atoms with Crippen LogP contribution in [0.25, 0.3) is 0 Å². The maximum atomic E-state index is 13.9. The highest BCUT2D eigenvalue weighted by Crippen LogP contribution is 2.22. The highest BCUT2D eigenvalue weighted by atomic mass is 16.5. The number of nitrogens with one attached hydrogen (secondary N) is 5. The van der Waals surface area contributed by atoms with Crippen LogP contribution >= 0.6 is 0 Å². The number of aliphatic hydroxyl groups excluding tert-OH is 2. The molecule has 0 radical (unpaired) electrons. The zero-order valence-electron chi connectivity index (χ0n) is 31.8. The summed E-state index contributed by atoms with van der Waals surface area (Å²) in [4.78, 5) is 78.6. The number of hydrogen-bond acceptors (Lipinski definition) is 10. The number of pyridine rings is 1. The lowest BCUT2D eigenvalue weighted by molar-refractivity contribution is -0.147. The average molecular weight is 750 g/mol. The molecule has 0 bridgehead atoms. The van der Waals surface area contributed by atoms with Crippen molar-refractivity contribution in [2.75, 3.05) is 6.61 Å². The van der Waals surface area contributed by atoms with Crippen LogP contribution in [-0.2, 0) is 36.9 Å². The molecule has 2 aromatic heterocycles. The number of aliphatic hydroxyl groups is 2. The van der Waals surface area contributed by atoms with Gasteiger partial charge in [-0.3, -0.25) is 29.0 Å². The van der Waals surface area contributed by atoms with Gasteiger partial charge in [-0.15, -0.1) is 0 Å². The normalized spacial score (nSPS) is 15.2. The zero-order chi connectivity index (χ0) is 39.8. The van der Waals surface area contributed by atoms with E-state index in [2.05, 4.69) is 36.2 Å². The summed E-state index contributed by atoms with van der Waals surface area (Å²) in [5, 5.41) is 33.6. The summed E-state index contributed by atoms with van der Waals surface area (Å²) in [5.41, 5.74) is 1.17. The number of amides is 4. The van der Waals surface area contributed by atoms with E-state index in [1.807, 2.05) is 27.7 Å². The lowest BCUT2D eigenvalue weighted by atomic mass is 9.83. The number of Topliss-reactive ketones (excluding diaryl/α,β-unsaturated/α-hetero) is 1. The molecule has 15 nitrogen and oxygen atoms in total. The van der Waals surface area contributed by atoms with Crippen LogP contribution in [0.2, 0.25) is 0 Å². The maximum absolute atomic E-state index is 13.9. The van der Waals surface area contributed by atoms with Crippen LogP contribution < -0.4 is 26.0 Å². The number of ether oxygens (including phenoxy) is 1. The Kier molecular flexibility index (Phi) is 17.2. The number of carbonyl (C=O) groups is 5. The third kappa shape index (κ3) is 13.4. The minimum Gasteiger partial charge on any atom is -0.484 e. The quantitative estimate of drug-likeness (QED) is 0.0790. The number of rotatable bonds is 22. The Hall–Kier alpha value is -5.15. The number of aromatic nitrogens is 3. The van der Waals surface area contributed by atoms with Crippen molar-refractivity contribution < 1.29 is 38.9 Å². The molecule has 294 valence electrons. The third-order valence-electron chi connectivity index (χ3n) is 9.08. The van der Waals surface area contributed by atoms with Gasteiger partial charge in [-0.05, 0) is 48.4 Å². The number of hydrogen-bond donors (Lipinski definition) is 7. The lowest BCUT2D eigenvalue weighted by Gasteiger charge is -2.33. The second-order valence-electron chi connectivity index (χ2n) is 14.2. The molecule has 0 aliphatic rings. The number of para-hydroxylation sites is 1. The predicted octanol–water partition coefficient (Wildman–Crippen LogP) is 1.85. The van der Waals surface area contributed by atoms with Gasteiger partial charge in [-0.2, -0.15) is 0 Å². The van der Waals surface area contributed by atoms with Gasteiger partial charge in [0.05, 0.1) is 36.6 Å². The molecule has 2 heterocycles. The average Bonchev–Trinajstić information content (AvgIpc) is 3.67. The minimum atomic E-state index is -2.08. The van der Waals surface area contributed by atoms with Gasteiger partial charge < -0.3 is 41.2 Å². The van der Waals surface area contributed by atoms with Crippen molar-refractivity contribution in [2.24, 2.45) is 23.7 Å². The number of H-pyrrole nitrogens is 1. The summed E-state index contributed by atoms with van der Waals surface area (Å²) in [7, 11) is 0. The number of carbonyl (C=O) groups excluding carboxylic acids is 5. The van der Waals surface area contributed by atoms with Crippen molar-refractivity contribution in [1.29, 1.82) is 0 Å². The van der Waals surface area contributed by atoms with E-state index in [9.17, 15) is 34.2 Å². The minimum absolute atomic E-state index is 0.000932. The summed E-state index contributed by atoms with van der Waals surface area (Å²) in [5.74, 6) is -5.22. The van der Waals surface area contributed by atoms with Gasteiger partial charge >= 0.3 is 0 Å². The first kappa shape index (κ1) is 43.3. The number of imidazole rings is 1. The van der Waals surface area contributed by atoms with Crippen molar-refractivity contribution in [3.05, 3.63) is 78.6 Å². The highest BCUT2D eigenvalue weighted by Gasteiger charge is 2.42. The largest absolute Gasteiger partial charge is 0.484 e. The zero-order valence-corrected chi connectivity index (χ0v) is 31.8. The van der Waals surface area contributed by atoms with Gasteiger partial charge in [-0.1, -0.05) is 72.2 Å². The molecule has 3 aromatic rings. The molecule has 7 atom stereocenters. The van der Waals surface area contributed by atoms with E-state index in [1.54, 1.807) is 68.6 Å². The predicted molar refractivity (Wildman–Crippen MR) is 200 cm³/mol. The van der Waals surface area contributed by atoms with Gasteiger partial charge in [0.15, 0.2) is 12.4 Å². The molecule has 4 amide bonds. The summed E-state index contributed by atoms with van der Waals surface area (Å²) < 4.78 is 5.52. The molecule has 54 heavy (non-hydrogen) atoms. The second kappa shape index (κ2) is 21.5. The number of aromatic amines is 1. The van der Waals surface area contributed by atoms with E-state index in [0.717, 1.165) is 0 Å². The topological polar surface area (TPSA) is 225 Å². The van der Waals surface area contributed by atoms with Crippen molar-refractivity contribution in [3.63, 3.8) is 0 Å². The Morgan fingerprint density at radius 3 is 2.15 bits per heavy atom. The number of ketones is 1. The molecular formula is C39H55N7O8. The van der Waals surface area contributed by atoms with E-state index in [1.165, 1.54) is 12.5 Å². The maximum Gasteiger partial charge on any atom is 0.258 e. The fraction of sp³-hybridized carbons (Fsp3) is 0.513. The van der Waals surface area contributed by atoms with E-state index in [-0.39, 0.29) is 37.8 Å². The molecule has 0 aliphatic carbocycles. The first-order valence-electron chi connectivity index (χ1n) is 18.3. The monoisotopic (exact) mass is 749 g/mol. The SMILES string of the molecule is CCC(C)[C@H](NC(=O)[C@H](C(C)C)[C@@H](O)[C@H](O)C(=O)[C@H](CC(C)C)NC(=O)[C@H](Cc1cnc[nH]1)NC(=O)COc1ccccc1)C(=O)NCc1ccccn1. The molecule has 3 rings (SSSR count). The summed E-state index contributed by atoms with van der Waals surface area (Å²) in [6, 6.07) is 10.6. The fourth-order valence-electron chi connectivity index (χ4n) is 5.88. The van der Waals surface area contributed by atoms with Crippen LogP contribution in [0.4, 0.5) is 0 Å². The summed E-state index contributed by atoms with van der Waals surface area (Å²) in [6.45, 7) is 10.4. The smallest absolute Gasteiger partial charge is 0.258 e. The number of nitrogens with zero attached hydrogens (tertiary/aromatic N) is 2. The van der Waals surface area contributed by atoms with E-state index in [4.69, 9.17) is 4.74 Å². The van der Waals surface area contributed by atoms with E-state index < -0.39 is 71.6 Å². The second-order valence-corrected chi connectivity index (χ2v) is 14.2. The molecule has 0 fully saturated rings. The molecule has 0 spiro atoms. The molecule has 7 N–H and O–H groups in total. The Bertz CT molecular complexity index is 1620. The van der Waals surface area contributed by atoms with E-state index in [0.29, 0.717) is 23.6 Å². The van der Waals surface area contributed by atoms with Crippen molar-refractivity contribution in [3.8, 4) is 5.75 Å². The molecular weight excluding hydrogens is 694 g/mol. The number of benzene rings is 1. The molecule has 0 aliphatic heterocycles. The fourth-order valence-corrected chi connectivity index (χ4v) is 5.88. The van der Waals surface area contributed by atoms with Gasteiger partial charge in [0.25, 0.3) is 5.91 Å². The Morgan fingerprint density at radius 1 is 0.852 bits per heavy atom. The summed E-state index contributed by atoms with van der Waals surface area (Å²) in [6.07, 6.45) is 1.21. The van der Waals surface area contributed by atoms with Crippen LogP contribution in [0.1, 0.15) is 65.8 Å². The van der Waals surface area contributed by atoms with Gasteiger partial charge in [-0.25, -0.2) is 4.98 Å². The Balaban J connectivity index is 1.75. The molecule has 15 heteroatoms. The lowest BCUT2D eigenvalue weighted by Crippen LogP contribution is -2.58. The Labute approximate surface area is 316 Å². The van der Waals surface area contributed by atoms with Crippen LogP contribution in [0.15, 0.2) is 67.3 Å². The summed E-state index contributed by atoms with van der Waals surface area (Å²) >= 11 is 0. The molecule has 0 saturated heterocycles. The first-order valence-corrected chi connectivity index (χ1v) is 18.3. The third-order valence-corrected chi connectivity index (χ3v) is 9.08. The van der Waals surface area contributed by atoms with Crippen molar-refractivity contribution in [2.45, 2.75) is 97.7 Å². The molecule has 0 saturated carbocycles. The van der Waals surface area contributed by atoms with Crippen LogP contribution in [-0.4, -0.2) is 91.5 Å². The van der Waals surface area contributed by atoms with Gasteiger partial charge in [0, 0.05) is 24.5 Å². The highest BCUT2D eigenvalue weighted by molar-refractivity contribution is 5.96. The van der Waals surface area contributed by atoms with Gasteiger partial charge in [0.2, 0.25) is 17.7 Å². The molecule has 1 aromatic carbocycles. The standard InChI is InChI=1S/C39H55N7O8/c1-7-25(6)33(39(53)42-20-26-13-11-12-16-41-26)46-38(52)32(24(4)5)35(49)36(50)34(48)29(17-23(2)3)45-37(51)30(18-27-19-40-22-43-27)44-31(47)21-54-28-14-9-8-10-15-28/h8-16,19,22-25,29-30,32-33,35-36,49-50H,7,17-18,20-21H2,1-6H3,(H,40,43)(H,42,53)(H,44,47)(H,45,51)(H,46,52)/t25?,29-,30-,32+,33-,35+,36+/m0/s1. The van der Waals surface area contributed by atoms with Crippen LogP contribution in [0, 0.1) is 23.7 Å².